The third kappa shape index (κ3) is 34.1. The molecule has 0 rings (SSSR count). The summed E-state index contributed by atoms with van der Waals surface area (Å²) in [6.07, 6.45) is 37.0. The van der Waals surface area contributed by atoms with E-state index in [4.69, 9.17) is 14.9 Å². The lowest BCUT2D eigenvalue weighted by molar-refractivity contribution is 0.282. The zero-order valence-electron chi connectivity index (χ0n) is 23.4. The fourth-order valence-electron chi connectivity index (χ4n) is 5.03. The second-order valence-corrected chi connectivity index (χ2v) is 12.8. The first-order valence-corrected chi connectivity index (χ1v) is 17.5. The average Bonchev–Trinajstić information content (AvgIpc) is 2.82. The highest BCUT2D eigenvalue weighted by Crippen LogP contribution is 2.35. The molecular weight excluding hydrogens is 455 g/mol. The molecule has 0 unspecified atom stereocenters. The van der Waals surface area contributed by atoms with Gasteiger partial charge in [0.1, 0.15) is 0 Å². The van der Waals surface area contributed by atoms with E-state index < -0.39 is 7.60 Å². The molecule has 0 bridgehead atoms. The van der Waals surface area contributed by atoms with Crippen LogP contribution in [0.25, 0.3) is 0 Å². The zero-order valence-corrected chi connectivity index (χ0v) is 24.3. The van der Waals surface area contributed by atoms with Crippen molar-refractivity contribution in [3.8, 4) is 0 Å². The Kier molecular flexibility index (Phi) is 28.8. The number of aliphatic hydroxyl groups is 1. The summed E-state index contributed by atoms with van der Waals surface area (Å²) in [5.74, 6) is 0. The number of aliphatic hydroxyl groups excluding tert-OH is 1. The normalized spacial score (nSPS) is 12.0. The van der Waals surface area contributed by atoms with Gasteiger partial charge in [-0.1, -0.05) is 167 Å². The van der Waals surface area contributed by atoms with E-state index in [2.05, 4.69) is 0 Å². The Morgan fingerprint density at radius 3 is 0.657 bits per heavy atom. The van der Waals surface area contributed by atoms with Crippen LogP contribution in [-0.2, 0) is 4.57 Å². The molecule has 0 aliphatic heterocycles. The standard InChI is InChI=1S/C30H63O4P/c31-29-27-25-23-21-19-17-15-13-11-9-7-5-3-1-2-4-6-8-10-12-14-16-18-20-22-24-26-28-30-35(32,33)34/h31H,1-30H2,(H2,32,33,34). The summed E-state index contributed by atoms with van der Waals surface area (Å²) in [6.45, 7) is 0.362. The highest BCUT2D eigenvalue weighted by atomic mass is 31.2. The van der Waals surface area contributed by atoms with Crippen molar-refractivity contribution in [2.45, 2.75) is 180 Å². The topological polar surface area (TPSA) is 77.8 Å². The van der Waals surface area contributed by atoms with Crippen molar-refractivity contribution in [1.29, 1.82) is 0 Å². The SMILES string of the molecule is O=P(O)(O)CCCCCCCCCCCCCCCCCCCCCCCCCCCCCCO. The van der Waals surface area contributed by atoms with E-state index in [9.17, 15) is 4.57 Å². The van der Waals surface area contributed by atoms with Gasteiger partial charge in [0.05, 0.1) is 0 Å². The summed E-state index contributed by atoms with van der Waals surface area (Å²) >= 11 is 0. The van der Waals surface area contributed by atoms with E-state index in [1.807, 2.05) is 0 Å². The van der Waals surface area contributed by atoms with Crippen molar-refractivity contribution in [2.75, 3.05) is 12.8 Å². The maximum absolute atomic E-state index is 10.8. The van der Waals surface area contributed by atoms with E-state index in [1.165, 1.54) is 154 Å². The molecule has 0 atom stereocenters. The van der Waals surface area contributed by atoms with Gasteiger partial charge in [-0.05, 0) is 12.8 Å². The van der Waals surface area contributed by atoms with Crippen LogP contribution in [-0.4, -0.2) is 27.7 Å². The Morgan fingerprint density at radius 1 is 0.314 bits per heavy atom. The van der Waals surface area contributed by atoms with Crippen LogP contribution in [0.15, 0.2) is 0 Å². The Bertz CT molecular complexity index is 438. The van der Waals surface area contributed by atoms with Gasteiger partial charge in [0.15, 0.2) is 0 Å². The van der Waals surface area contributed by atoms with Crippen LogP contribution in [0.2, 0.25) is 0 Å². The van der Waals surface area contributed by atoms with Gasteiger partial charge in [-0.25, -0.2) is 0 Å². The third-order valence-corrected chi connectivity index (χ3v) is 8.26. The maximum atomic E-state index is 10.8. The predicted octanol–water partition coefficient (Wildman–Crippen LogP) is 10.1. The Balaban J connectivity index is 3.04. The van der Waals surface area contributed by atoms with Crippen LogP contribution < -0.4 is 0 Å². The lowest BCUT2D eigenvalue weighted by Gasteiger charge is -2.05. The number of unbranched alkanes of at least 4 members (excludes halogenated alkanes) is 27. The lowest BCUT2D eigenvalue weighted by Crippen LogP contribution is -1.88. The first-order valence-electron chi connectivity index (χ1n) is 15.7. The molecule has 0 spiro atoms. The van der Waals surface area contributed by atoms with Crippen LogP contribution >= 0.6 is 7.60 Å². The quantitative estimate of drug-likeness (QED) is 0.0653. The molecule has 0 saturated heterocycles. The molecule has 0 aliphatic carbocycles. The molecule has 0 saturated carbocycles. The van der Waals surface area contributed by atoms with Crippen LogP contribution in [0.4, 0.5) is 0 Å². The minimum absolute atomic E-state index is 0.0578. The maximum Gasteiger partial charge on any atom is 0.325 e. The molecule has 5 heteroatoms. The first-order chi connectivity index (χ1) is 17.1. The van der Waals surface area contributed by atoms with Gasteiger partial charge in [0.25, 0.3) is 0 Å². The van der Waals surface area contributed by atoms with Crippen molar-refractivity contribution in [3.05, 3.63) is 0 Å². The highest BCUT2D eigenvalue weighted by Gasteiger charge is 2.10. The van der Waals surface area contributed by atoms with E-state index in [0.717, 1.165) is 19.3 Å². The molecule has 3 N–H and O–H groups in total. The Labute approximate surface area is 219 Å². The van der Waals surface area contributed by atoms with Gasteiger partial charge in [0, 0.05) is 12.8 Å². The minimum atomic E-state index is -3.77. The second kappa shape index (κ2) is 28.7. The van der Waals surface area contributed by atoms with Crippen molar-refractivity contribution >= 4 is 7.60 Å². The summed E-state index contributed by atoms with van der Waals surface area (Å²) < 4.78 is 10.8. The molecule has 0 aromatic rings. The molecule has 4 nitrogen and oxygen atoms in total. The number of rotatable bonds is 30. The largest absolute Gasteiger partial charge is 0.396 e. The van der Waals surface area contributed by atoms with Gasteiger partial charge in [0.2, 0.25) is 0 Å². The van der Waals surface area contributed by atoms with Gasteiger partial charge in [-0.15, -0.1) is 0 Å². The summed E-state index contributed by atoms with van der Waals surface area (Å²) in [7, 11) is -3.77. The predicted molar refractivity (Wildman–Crippen MR) is 153 cm³/mol. The fraction of sp³-hybridized carbons (Fsp3) is 1.00. The summed E-state index contributed by atoms with van der Waals surface area (Å²) in [5.41, 5.74) is 0. The molecule has 0 aliphatic rings. The third-order valence-electron chi connectivity index (χ3n) is 7.36. The van der Waals surface area contributed by atoms with E-state index in [-0.39, 0.29) is 6.16 Å². The monoisotopic (exact) mass is 518 g/mol. The van der Waals surface area contributed by atoms with Crippen LogP contribution in [0.5, 0.6) is 0 Å². The van der Waals surface area contributed by atoms with Gasteiger partial charge < -0.3 is 14.9 Å². The van der Waals surface area contributed by atoms with Crippen LogP contribution in [0, 0.1) is 0 Å². The van der Waals surface area contributed by atoms with E-state index in [1.54, 1.807) is 0 Å². The average molecular weight is 519 g/mol. The molecule has 0 radical (unpaired) electrons. The van der Waals surface area contributed by atoms with Crippen molar-refractivity contribution < 1.29 is 19.5 Å². The van der Waals surface area contributed by atoms with Crippen LogP contribution in [0.1, 0.15) is 180 Å². The molecule has 35 heavy (non-hydrogen) atoms. The zero-order chi connectivity index (χ0) is 25.7. The fourth-order valence-corrected chi connectivity index (χ4v) is 5.66. The number of hydrogen-bond donors (Lipinski definition) is 3. The summed E-state index contributed by atoms with van der Waals surface area (Å²) in [6, 6.07) is 0. The molecule has 0 aromatic heterocycles. The minimum Gasteiger partial charge on any atom is -0.396 e. The molecule has 212 valence electrons. The van der Waals surface area contributed by atoms with Gasteiger partial charge in [-0.2, -0.15) is 0 Å². The molecule has 0 amide bonds. The number of hydrogen-bond acceptors (Lipinski definition) is 2. The Hall–Kier alpha value is 0.110. The lowest BCUT2D eigenvalue weighted by atomic mass is 10.0. The van der Waals surface area contributed by atoms with Crippen molar-refractivity contribution in [2.24, 2.45) is 0 Å². The summed E-state index contributed by atoms with van der Waals surface area (Å²) in [5, 5.41) is 8.76. The van der Waals surface area contributed by atoms with Gasteiger partial charge >= 0.3 is 7.60 Å². The summed E-state index contributed by atoms with van der Waals surface area (Å²) in [4.78, 5) is 17.7. The van der Waals surface area contributed by atoms with Crippen LogP contribution in [0.3, 0.4) is 0 Å². The van der Waals surface area contributed by atoms with Crippen molar-refractivity contribution in [1.82, 2.24) is 0 Å². The molecular formula is C30H63O4P. The second-order valence-electron chi connectivity index (χ2n) is 11.0. The van der Waals surface area contributed by atoms with E-state index >= 15 is 0 Å². The highest BCUT2D eigenvalue weighted by molar-refractivity contribution is 7.51. The molecule has 0 fully saturated rings. The first kappa shape index (κ1) is 35.1. The molecule has 0 aromatic carbocycles. The Morgan fingerprint density at radius 2 is 0.486 bits per heavy atom. The smallest absolute Gasteiger partial charge is 0.325 e. The van der Waals surface area contributed by atoms with Crippen molar-refractivity contribution in [3.63, 3.8) is 0 Å². The van der Waals surface area contributed by atoms with E-state index in [0.29, 0.717) is 13.0 Å². The molecule has 0 heterocycles. The van der Waals surface area contributed by atoms with Gasteiger partial charge in [-0.3, -0.25) is 4.57 Å².